The first kappa shape index (κ1) is 28.2. The average molecular weight is 542 g/mol. The topological polar surface area (TPSA) is 62.3 Å². The Hall–Kier alpha value is -2.77. The molecule has 7 nitrogen and oxygen atoms in total. The lowest BCUT2D eigenvalue weighted by Crippen LogP contribution is -2.46. The number of hydrogen-bond acceptors (Lipinski definition) is 6. The minimum atomic E-state index is -0.278. The molecule has 1 saturated heterocycles. The standard InChI is InChI=1S/C30H40ClN3O4/c1-4-22(2)30(36)38-21-34-27-20-25(12-10-24(27)11-13-28(34)35)37-19-6-5-14-32-15-17-33(18-16-32)26-9-7-8-23(3)29(26)31/h7-10,12,20,22H,4-6,11,13-19,21H2,1-3H3. The predicted molar refractivity (Wildman–Crippen MR) is 152 cm³/mol. The summed E-state index contributed by atoms with van der Waals surface area (Å²) in [6, 6.07) is 12.1. The number of aryl methyl sites for hydroxylation is 2. The highest BCUT2D eigenvalue weighted by molar-refractivity contribution is 6.34. The third-order valence-electron chi connectivity index (χ3n) is 7.63. The number of hydrogen-bond donors (Lipinski definition) is 0. The maximum atomic E-state index is 12.6. The highest BCUT2D eigenvalue weighted by Gasteiger charge is 2.26. The van der Waals surface area contributed by atoms with E-state index in [2.05, 4.69) is 34.9 Å². The summed E-state index contributed by atoms with van der Waals surface area (Å²) >= 11 is 6.52. The summed E-state index contributed by atoms with van der Waals surface area (Å²) in [6.45, 7) is 11.5. The monoisotopic (exact) mass is 541 g/mol. The van der Waals surface area contributed by atoms with Crippen LogP contribution in [0.15, 0.2) is 36.4 Å². The first-order valence-corrected chi connectivity index (χ1v) is 14.2. The van der Waals surface area contributed by atoms with E-state index in [0.29, 0.717) is 25.9 Å². The van der Waals surface area contributed by atoms with E-state index in [1.54, 1.807) is 4.90 Å². The van der Waals surface area contributed by atoms with Crippen LogP contribution in [0.2, 0.25) is 5.02 Å². The van der Waals surface area contributed by atoms with E-state index in [0.717, 1.165) is 78.8 Å². The Morgan fingerprint density at radius 2 is 1.84 bits per heavy atom. The quantitative estimate of drug-likeness (QED) is 0.278. The molecule has 2 aromatic carbocycles. The number of amides is 1. The molecule has 2 heterocycles. The van der Waals surface area contributed by atoms with Crippen molar-refractivity contribution in [3.8, 4) is 5.75 Å². The molecule has 4 rings (SSSR count). The van der Waals surface area contributed by atoms with Gasteiger partial charge in [-0.2, -0.15) is 0 Å². The van der Waals surface area contributed by atoms with Crippen LogP contribution in [0, 0.1) is 12.8 Å². The highest BCUT2D eigenvalue weighted by atomic mass is 35.5. The van der Waals surface area contributed by atoms with Gasteiger partial charge in [0.15, 0.2) is 6.73 Å². The van der Waals surface area contributed by atoms with Gasteiger partial charge in [-0.25, -0.2) is 0 Å². The van der Waals surface area contributed by atoms with Crippen LogP contribution in [0.25, 0.3) is 0 Å². The van der Waals surface area contributed by atoms with E-state index in [1.165, 1.54) is 0 Å². The van der Waals surface area contributed by atoms with Crippen LogP contribution in [0.1, 0.15) is 50.7 Å². The van der Waals surface area contributed by atoms with Gasteiger partial charge in [-0.1, -0.05) is 43.6 Å². The van der Waals surface area contributed by atoms with Crippen molar-refractivity contribution in [1.29, 1.82) is 0 Å². The number of nitrogens with zero attached hydrogens (tertiary/aromatic N) is 3. The third kappa shape index (κ3) is 7.00. The molecule has 1 amide bonds. The number of ether oxygens (including phenoxy) is 2. The largest absolute Gasteiger partial charge is 0.494 e. The smallest absolute Gasteiger partial charge is 0.310 e. The normalized spacial score (nSPS) is 16.8. The molecule has 0 aromatic heterocycles. The van der Waals surface area contributed by atoms with E-state index in [-0.39, 0.29) is 24.5 Å². The molecule has 0 spiro atoms. The fourth-order valence-electron chi connectivity index (χ4n) is 4.90. The van der Waals surface area contributed by atoms with E-state index < -0.39 is 0 Å². The van der Waals surface area contributed by atoms with Gasteiger partial charge in [0.25, 0.3) is 0 Å². The molecule has 2 aliphatic heterocycles. The maximum absolute atomic E-state index is 12.6. The van der Waals surface area contributed by atoms with Crippen LogP contribution in [-0.4, -0.2) is 62.8 Å². The molecule has 0 aliphatic carbocycles. The van der Waals surface area contributed by atoms with Crippen molar-refractivity contribution in [2.24, 2.45) is 5.92 Å². The van der Waals surface area contributed by atoms with Crippen molar-refractivity contribution in [1.82, 2.24) is 4.90 Å². The number of benzene rings is 2. The van der Waals surface area contributed by atoms with Crippen LogP contribution in [0.3, 0.4) is 0 Å². The van der Waals surface area contributed by atoms with Crippen LogP contribution in [0.4, 0.5) is 11.4 Å². The Labute approximate surface area is 231 Å². The second kappa shape index (κ2) is 13.3. The molecule has 1 unspecified atom stereocenters. The van der Waals surface area contributed by atoms with Crippen LogP contribution >= 0.6 is 11.6 Å². The zero-order valence-electron chi connectivity index (χ0n) is 22.9. The Bertz CT molecular complexity index is 1120. The molecule has 0 saturated carbocycles. The van der Waals surface area contributed by atoms with Gasteiger partial charge < -0.3 is 14.4 Å². The molecule has 1 atom stereocenters. The van der Waals surface area contributed by atoms with Crippen LogP contribution in [0.5, 0.6) is 5.75 Å². The molecule has 206 valence electrons. The number of carbonyl (C=O) groups is 2. The molecule has 1 fully saturated rings. The summed E-state index contributed by atoms with van der Waals surface area (Å²) in [5.74, 6) is 0.247. The maximum Gasteiger partial charge on any atom is 0.310 e. The van der Waals surface area contributed by atoms with Gasteiger partial charge in [0.2, 0.25) is 5.91 Å². The van der Waals surface area contributed by atoms with Crippen molar-refractivity contribution in [2.75, 3.05) is 55.9 Å². The minimum Gasteiger partial charge on any atom is -0.494 e. The van der Waals surface area contributed by atoms with Gasteiger partial charge in [0.05, 0.1) is 28.9 Å². The molecule has 0 radical (unpaired) electrons. The number of halogens is 1. The van der Waals surface area contributed by atoms with Gasteiger partial charge in [-0.15, -0.1) is 0 Å². The average Bonchev–Trinajstić information content (AvgIpc) is 2.93. The lowest BCUT2D eigenvalue weighted by molar-refractivity contribution is -0.148. The Morgan fingerprint density at radius 1 is 1.05 bits per heavy atom. The lowest BCUT2D eigenvalue weighted by Gasteiger charge is -2.36. The molecular weight excluding hydrogens is 502 g/mol. The second-order valence-electron chi connectivity index (χ2n) is 10.3. The summed E-state index contributed by atoms with van der Waals surface area (Å²) in [5.41, 5.74) is 4.11. The Kier molecular flexibility index (Phi) is 9.91. The second-order valence-corrected chi connectivity index (χ2v) is 10.7. The van der Waals surface area contributed by atoms with Gasteiger partial charge in [-0.05, 0) is 62.4 Å². The summed E-state index contributed by atoms with van der Waals surface area (Å²) in [5, 5.41) is 0.861. The molecule has 2 aromatic rings. The van der Waals surface area contributed by atoms with Crippen molar-refractivity contribution in [2.45, 2.75) is 52.9 Å². The number of unbranched alkanes of at least 4 members (excludes halogenated alkanes) is 1. The van der Waals surface area contributed by atoms with Gasteiger partial charge in [0.1, 0.15) is 5.75 Å². The number of esters is 1. The predicted octanol–water partition coefficient (Wildman–Crippen LogP) is 5.46. The van der Waals surface area contributed by atoms with Crippen molar-refractivity contribution in [3.63, 3.8) is 0 Å². The fraction of sp³-hybridized carbons (Fsp3) is 0.533. The zero-order chi connectivity index (χ0) is 27.1. The molecule has 2 aliphatic rings. The summed E-state index contributed by atoms with van der Waals surface area (Å²) < 4.78 is 11.5. The van der Waals surface area contributed by atoms with Gasteiger partial charge in [-0.3, -0.25) is 19.4 Å². The number of piperazine rings is 1. The molecule has 0 bridgehead atoms. The molecule has 38 heavy (non-hydrogen) atoms. The number of anilines is 2. The third-order valence-corrected chi connectivity index (χ3v) is 8.12. The van der Waals surface area contributed by atoms with E-state index in [4.69, 9.17) is 21.1 Å². The number of rotatable bonds is 11. The highest BCUT2D eigenvalue weighted by Crippen LogP contribution is 2.32. The first-order chi connectivity index (χ1) is 18.4. The van der Waals surface area contributed by atoms with Gasteiger partial charge in [0, 0.05) is 38.7 Å². The molecular formula is C30H40ClN3O4. The van der Waals surface area contributed by atoms with E-state index in [1.807, 2.05) is 32.0 Å². The molecule has 0 N–H and O–H groups in total. The van der Waals surface area contributed by atoms with Crippen LogP contribution < -0.4 is 14.5 Å². The SMILES string of the molecule is CCC(C)C(=O)OCN1C(=O)CCc2ccc(OCCCCN3CCN(c4cccc(C)c4Cl)CC3)cc21. The summed E-state index contributed by atoms with van der Waals surface area (Å²) in [4.78, 5) is 31.2. The summed E-state index contributed by atoms with van der Waals surface area (Å²) in [6.07, 6.45) is 3.83. The lowest BCUT2D eigenvalue weighted by atomic mass is 10.0. The number of fused-ring (bicyclic) bond motifs is 1. The van der Waals surface area contributed by atoms with E-state index >= 15 is 0 Å². The van der Waals surface area contributed by atoms with Gasteiger partial charge >= 0.3 is 5.97 Å². The van der Waals surface area contributed by atoms with Crippen molar-refractivity contribution < 1.29 is 19.1 Å². The number of carbonyl (C=O) groups excluding carboxylic acids is 2. The fourth-order valence-corrected chi connectivity index (χ4v) is 5.15. The first-order valence-electron chi connectivity index (χ1n) is 13.8. The van der Waals surface area contributed by atoms with Crippen molar-refractivity contribution >= 4 is 34.9 Å². The van der Waals surface area contributed by atoms with Crippen molar-refractivity contribution in [3.05, 3.63) is 52.5 Å². The molecule has 8 heteroatoms. The Morgan fingerprint density at radius 3 is 2.61 bits per heavy atom. The zero-order valence-corrected chi connectivity index (χ0v) is 23.6. The van der Waals surface area contributed by atoms with E-state index in [9.17, 15) is 9.59 Å². The van der Waals surface area contributed by atoms with Crippen LogP contribution in [-0.2, 0) is 20.7 Å². The Balaban J connectivity index is 1.21. The minimum absolute atomic E-state index is 0.0311. The summed E-state index contributed by atoms with van der Waals surface area (Å²) in [7, 11) is 0.